The Kier molecular flexibility index (Phi) is 3.08. The maximum absolute atomic E-state index is 5.73. The van der Waals surface area contributed by atoms with Gasteiger partial charge in [-0.25, -0.2) is 9.97 Å². The maximum atomic E-state index is 5.73. The van der Waals surface area contributed by atoms with Gasteiger partial charge in [-0.15, -0.1) is 11.6 Å². The van der Waals surface area contributed by atoms with Crippen molar-refractivity contribution in [2.24, 2.45) is 0 Å². The van der Waals surface area contributed by atoms with Crippen molar-refractivity contribution in [1.29, 1.82) is 0 Å². The first-order valence-electron chi connectivity index (χ1n) is 4.61. The molecule has 1 saturated carbocycles. The zero-order valence-corrected chi connectivity index (χ0v) is 9.17. The van der Waals surface area contributed by atoms with Crippen LogP contribution < -0.4 is 4.90 Å². The molecule has 1 heterocycles. The molecule has 0 saturated heterocycles. The summed E-state index contributed by atoms with van der Waals surface area (Å²) in [5.74, 6) is 1.33. The molecule has 0 amide bonds. The molecule has 0 radical (unpaired) electrons. The van der Waals surface area contributed by atoms with Gasteiger partial charge in [0.25, 0.3) is 0 Å². The molecule has 0 atom stereocenters. The highest BCUT2D eigenvalue weighted by molar-refractivity contribution is 6.30. The topological polar surface area (TPSA) is 29.0 Å². The molecule has 1 aromatic heterocycles. The standard InChI is InChI=1S/C9H11Cl2N3/c10-3-4-14(8-1-2-8)9-12-5-7(11)6-13-9/h5-6,8H,1-4H2. The van der Waals surface area contributed by atoms with Crippen molar-refractivity contribution in [3.63, 3.8) is 0 Å². The number of anilines is 1. The first-order valence-corrected chi connectivity index (χ1v) is 5.52. The van der Waals surface area contributed by atoms with Crippen LogP contribution in [0.2, 0.25) is 5.02 Å². The first kappa shape index (κ1) is 9.99. The summed E-state index contributed by atoms with van der Waals surface area (Å²) in [6.45, 7) is 0.799. The molecule has 1 aliphatic rings. The van der Waals surface area contributed by atoms with Crippen LogP contribution in [0.15, 0.2) is 12.4 Å². The molecule has 14 heavy (non-hydrogen) atoms. The predicted octanol–water partition coefficient (Wildman–Crippen LogP) is 2.34. The van der Waals surface area contributed by atoms with E-state index in [0.717, 1.165) is 12.5 Å². The number of hydrogen-bond acceptors (Lipinski definition) is 3. The highest BCUT2D eigenvalue weighted by atomic mass is 35.5. The van der Waals surface area contributed by atoms with Gasteiger partial charge >= 0.3 is 0 Å². The predicted molar refractivity (Wildman–Crippen MR) is 58.1 cm³/mol. The van der Waals surface area contributed by atoms with Gasteiger partial charge in [0.15, 0.2) is 0 Å². The molecule has 1 aliphatic carbocycles. The summed E-state index contributed by atoms with van der Waals surface area (Å²) in [6, 6.07) is 0.579. The summed E-state index contributed by atoms with van der Waals surface area (Å²) in [7, 11) is 0. The number of hydrogen-bond donors (Lipinski definition) is 0. The Morgan fingerprint density at radius 1 is 1.36 bits per heavy atom. The quantitative estimate of drug-likeness (QED) is 0.746. The Morgan fingerprint density at radius 2 is 2.00 bits per heavy atom. The van der Waals surface area contributed by atoms with Crippen LogP contribution in [0.1, 0.15) is 12.8 Å². The number of halogens is 2. The summed E-state index contributed by atoms with van der Waals surface area (Å²) in [5, 5.41) is 0.565. The lowest BCUT2D eigenvalue weighted by molar-refractivity contribution is 0.789. The lowest BCUT2D eigenvalue weighted by Crippen LogP contribution is -2.29. The van der Waals surface area contributed by atoms with Crippen molar-refractivity contribution >= 4 is 29.2 Å². The molecular formula is C9H11Cl2N3. The van der Waals surface area contributed by atoms with Gasteiger partial charge in [0.05, 0.1) is 17.4 Å². The fourth-order valence-electron chi connectivity index (χ4n) is 1.38. The van der Waals surface area contributed by atoms with Crippen molar-refractivity contribution in [2.45, 2.75) is 18.9 Å². The van der Waals surface area contributed by atoms with Crippen LogP contribution in [0.25, 0.3) is 0 Å². The first-order chi connectivity index (χ1) is 6.81. The summed E-state index contributed by atoms with van der Waals surface area (Å²) in [6.07, 6.45) is 5.66. The number of alkyl halides is 1. The Hall–Kier alpha value is -0.540. The molecule has 1 fully saturated rings. The summed E-state index contributed by atoms with van der Waals surface area (Å²) in [4.78, 5) is 10.5. The van der Waals surface area contributed by atoms with Gasteiger partial charge in [0.1, 0.15) is 0 Å². The number of aromatic nitrogens is 2. The van der Waals surface area contributed by atoms with E-state index in [1.165, 1.54) is 12.8 Å². The minimum absolute atomic E-state index is 0.565. The fraction of sp³-hybridized carbons (Fsp3) is 0.556. The molecule has 5 heteroatoms. The van der Waals surface area contributed by atoms with Gasteiger partial charge in [-0.1, -0.05) is 11.6 Å². The van der Waals surface area contributed by atoms with Gasteiger partial charge < -0.3 is 4.90 Å². The van der Waals surface area contributed by atoms with Gasteiger partial charge in [0, 0.05) is 18.5 Å². The molecule has 1 aromatic rings. The molecule has 0 aliphatic heterocycles. The van der Waals surface area contributed by atoms with Crippen molar-refractivity contribution < 1.29 is 0 Å². The third-order valence-electron chi connectivity index (χ3n) is 2.18. The Labute approximate surface area is 93.1 Å². The second-order valence-electron chi connectivity index (χ2n) is 3.31. The van der Waals surface area contributed by atoms with E-state index in [1.807, 2.05) is 0 Å². The van der Waals surface area contributed by atoms with E-state index < -0.39 is 0 Å². The van der Waals surface area contributed by atoms with Crippen LogP contribution in [-0.2, 0) is 0 Å². The highest BCUT2D eigenvalue weighted by Gasteiger charge is 2.30. The third-order valence-corrected chi connectivity index (χ3v) is 2.54. The minimum atomic E-state index is 0.565. The van der Waals surface area contributed by atoms with E-state index in [4.69, 9.17) is 23.2 Å². The maximum Gasteiger partial charge on any atom is 0.225 e. The molecule has 0 unspecified atom stereocenters. The SMILES string of the molecule is ClCCN(c1ncc(Cl)cn1)C1CC1. The molecule has 3 nitrogen and oxygen atoms in total. The minimum Gasteiger partial charge on any atom is -0.337 e. The summed E-state index contributed by atoms with van der Waals surface area (Å²) >= 11 is 11.4. The third kappa shape index (κ3) is 2.28. The van der Waals surface area contributed by atoms with E-state index in [-0.39, 0.29) is 0 Å². The number of rotatable bonds is 4. The second-order valence-corrected chi connectivity index (χ2v) is 4.13. The second kappa shape index (κ2) is 4.32. The smallest absolute Gasteiger partial charge is 0.225 e. The van der Waals surface area contributed by atoms with Crippen LogP contribution in [0.4, 0.5) is 5.95 Å². The zero-order chi connectivity index (χ0) is 9.97. The molecule has 0 aromatic carbocycles. The summed E-state index contributed by atoms with van der Waals surface area (Å²) < 4.78 is 0. The average molecular weight is 232 g/mol. The highest BCUT2D eigenvalue weighted by Crippen LogP contribution is 2.29. The Morgan fingerprint density at radius 3 is 2.50 bits per heavy atom. The van der Waals surface area contributed by atoms with Crippen molar-refractivity contribution in [2.75, 3.05) is 17.3 Å². The van der Waals surface area contributed by atoms with Gasteiger partial charge in [0.2, 0.25) is 5.95 Å². The van der Waals surface area contributed by atoms with Gasteiger partial charge in [-0.05, 0) is 12.8 Å². The van der Waals surface area contributed by atoms with Gasteiger partial charge in [-0.2, -0.15) is 0 Å². The summed E-state index contributed by atoms with van der Waals surface area (Å²) in [5.41, 5.74) is 0. The lowest BCUT2D eigenvalue weighted by Gasteiger charge is -2.20. The fourth-order valence-corrected chi connectivity index (χ4v) is 1.66. The van der Waals surface area contributed by atoms with Crippen LogP contribution in [-0.4, -0.2) is 28.4 Å². The molecule has 0 spiro atoms. The van der Waals surface area contributed by atoms with E-state index >= 15 is 0 Å². The normalized spacial score (nSPS) is 15.6. The Balaban J connectivity index is 2.13. The van der Waals surface area contributed by atoms with Crippen molar-refractivity contribution in [3.8, 4) is 0 Å². The molecule has 0 N–H and O–H groups in total. The Bertz CT molecular complexity index is 297. The molecule has 0 bridgehead atoms. The van der Waals surface area contributed by atoms with Gasteiger partial charge in [-0.3, -0.25) is 0 Å². The van der Waals surface area contributed by atoms with E-state index in [0.29, 0.717) is 16.9 Å². The van der Waals surface area contributed by atoms with Crippen LogP contribution in [0.5, 0.6) is 0 Å². The lowest BCUT2D eigenvalue weighted by atomic mass is 10.5. The largest absolute Gasteiger partial charge is 0.337 e. The number of nitrogens with zero attached hydrogens (tertiary/aromatic N) is 3. The zero-order valence-electron chi connectivity index (χ0n) is 7.66. The van der Waals surface area contributed by atoms with Crippen molar-refractivity contribution in [1.82, 2.24) is 9.97 Å². The van der Waals surface area contributed by atoms with Crippen LogP contribution in [0, 0.1) is 0 Å². The average Bonchev–Trinajstić information content (AvgIpc) is 2.99. The van der Waals surface area contributed by atoms with Crippen LogP contribution >= 0.6 is 23.2 Å². The molecular weight excluding hydrogens is 221 g/mol. The van der Waals surface area contributed by atoms with E-state index in [9.17, 15) is 0 Å². The van der Waals surface area contributed by atoms with E-state index in [1.54, 1.807) is 12.4 Å². The van der Waals surface area contributed by atoms with Crippen molar-refractivity contribution in [3.05, 3.63) is 17.4 Å². The monoisotopic (exact) mass is 231 g/mol. The molecule has 2 rings (SSSR count). The molecule has 76 valence electrons. The van der Waals surface area contributed by atoms with E-state index in [2.05, 4.69) is 14.9 Å². The van der Waals surface area contributed by atoms with Crippen LogP contribution in [0.3, 0.4) is 0 Å².